The topological polar surface area (TPSA) is 0 Å². The zero-order valence-electron chi connectivity index (χ0n) is 8.33. The number of rotatable bonds is 0. The van der Waals surface area contributed by atoms with Crippen molar-refractivity contribution < 1.29 is 0 Å². The van der Waals surface area contributed by atoms with Crippen LogP contribution in [0.3, 0.4) is 0 Å². The highest BCUT2D eigenvalue weighted by Gasteiger charge is 2.10. The predicted molar refractivity (Wildman–Crippen MR) is 64.8 cm³/mol. The molecule has 0 aliphatic heterocycles. The highest BCUT2D eigenvalue weighted by Crippen LogP contribution is 2.29. The minimum Gasteiger partial charge on any atom is -0.0722 e. The minimum atomic E-state index is 1.10. The maximum atomic E-state index is 2.33. The van der Waals surface area contributed by atoms with Gasteiger partial charge in [-0.15, -0.1) is 0 Å². The lowest BCUT2D eigenvalue weighted by Crippen LogP contribution is -1.98. The molecular weight excluding hydrogens is 180 g/mol. The van der Waals surface area contributed by atoms with Crippen molar-refractivity contribution in [2.45, 2.75) is 6.42 Å². The molecule has 0 heterocycles. The van der Waals surface area contributed by atoms with Crippen LogP contribution < -0.4 is 5.22 Å². The molecule has 0 radical (unpaired) electrons. The zero-order valence-corrected chi connectivity index (χ0v) is 8.33. The van der Waals surface area contributed by atoms with Crippen LogP contribution in [0.15, 0.2) is 42.5 Å². The molecule has 0 saturated heterocycles. The van der Waals surface area contributed by atoms with E-state index in [2.05, 4.69) is 48.5 Å². The average Bonchev–Trinajstić information content (AvgIpc) is 2.71. The van der Waals surface area contributed by atoms with Crippen molar-refractivity contribution in [1.29, 1.82) is 0 Å². The van der Waals surface area contributed by atoms with Crippen molar-refractivity contribution >= 4 is 27.6 Å². The number of hydrogen-bond donors (Lipinski definition) is 0. The Hall–Kier alpha value is -1.82. The average molecular weight is 190 g/mol. The van der Waals surface area contributed by atoms with Gasteiger partial charge in [-0.1, -0.05) is 48.5 Å². The summed E-state index contributed by atoms with van der Waals surface area (Å²) in [7, 11) is 0. The fourth-order valence-electron chi connectivity index (χ4n) is 2.74. The Bertz CT molecular complexity index is 720. The van der Waals surface area contributed by atoms with Crippen LogP contribution in [0.1, 0.15) is 5.56 Å². The van der Waals surface area contributed by atoms with Gasteiger partial charge in [0.05, 0.1) is 0 Å². The van der Waals surface area contributed by atoms with Gasteiger partial charge in [0, 0.05) is 0 Å². The molecule has 4 rings (SSSR count). The van der Waals surface area contributed by atoms with E-state index in [4.69, 9.17) is 0 Å². The Morgan fingerprint density at radius 2 is 1.53 bits per heavy atom. The van der Waals surface area contributed by atoms with E-state index in [0.29, 0.717) is 0 Å². The van der Waals surface area contributed by atoms with Crippen molar-refractivity contribution in [2.24, 2.45) is 0 Å². The molecular formula is C15H10. The second kappa shape index (κ2) is 2.40. The summed E-state index contributed by atoms with van der Waals surface area (Å²) >= 11 is 0. The van der Waals surface area contributed by atoms with E-state index in [1.165, 1.54) is 32.3 Å². The third-order valence-electron chi connectivity index (χ3n) is 3.44. The lowest BCUT2D eigenvalue weighted by molar-refractivity contribution is 1.42. The maximum absolute atomic E-state index is 2.33. The van der Waals surface area contributed by atoms with Crippen LogP contribution in [0.25, 0.3) is 27.6 Å². The summed E-state index contributed by atoms with van der Waals surface area (Å²) in [6.45, 7) is 0. The molecule has 3 aromatic rings. The van der Waals surface area contributed by atoms with E-state index < -0.39 is 0 Å². The largest absolute Gasteiger partial charge is 0.0722 e. The number of benzene rings is 3. The number of hydrogen-bond acceptors (Lipinski definition) is 0. The fourth-order valence-corrected chi connectivity index (χ4v) is 2.74. The molecule has 15 heavy (non-hydrogen) atoms. The van der Waals surface area contributed by atoms with Gasteiger partial charge in [0.1, 0.15) is 0 Å². The van der Waals surface area contributed by atoms with E-state index >= 15 is 0 Å². The lowest BCUT2D eigenvalue weighted by Gasteiger charge is -2.06. The Kier molecular flexibility index (Phi) is 1.20. The highest BCUT2D eigenvalue weighted by atomic mass is 14.1. The summed E-state index contributed by atoms with van der Waals surface area (Å²) in [6, 6.07) is 15.5. The van der Waals surface area contributed by atoms with Gasteiger partial charge in [0.25, 0.3) is 0 Å². The third kappa shape index (κ3) is 0.822. The fraction of sp³-hybridized carbons (Fsp3) is 0.0667. The summed E-state index contributed by atoms with van der Waals surface area (Å²) < 4.78 is 0. The maximum Gasteiger partial charge on any atom is -0.00301 e. The van der Waals surface area contributed by atoms with Gasteiger partial charge in [-0.25, -0.2) is 0 Å². The summed E-state index contributed by atoms with van der Waals surface area (Å²) in [5.74, 6) is 0. The first kappa shape index (κ1) is 7.47. The second-order valence-corrected chi connectivity index (χ2v) is 4.24. The smallest absolute Gasteiger partial charge is 0.00301 e. The third-order valence-corrected chi connectivity index (χ3v) is 3.44. The first-order valence-electron chi connectivity index (χ1n) is 5.37. The summed E-state index contributed by atoms with van der Waals surface area (Å²) in [5.41, 5.74) is 1.48. The summed E-state index contributed by atoms with van der Waals surface area (Å²) in [5, 5.41) is 7.06. The van der Waals surface area contributed by atoms with Crippen molar-refractivity contribution in [2.75, 3.05) is 0 Å². The standard InChI is InChI=1S/C15H10/c1-2-10-4-6-12-8-9-13-7-5-11(3-1)14(10)15(12)13/h1-8H,9H2. The SMILES string of the molecule is C1=c2ccc3cccc4ccc(c2c43)C1. The van der Waals surface area contributed by atoms with Gasteiger partial charge in [-0.05, 0) is 38.7 Å². The molecule has 0 aromatic heterocycles. The molecule has 0 fully saturated rings. The van der Waals surface area contributed by atoms with Gasteiger partial charge in [0.2, 0.25) is 0 Å². The zero-order chi connectivity index (χ0) is 9.83. The van der Waals surface area contributed by atoms with E-state index in [1.807, 2.05) is 0 Å². The molecule has 1 aliphatic rings. The molecule has 0 N–H and O–H groups in total. The molecule has 0 spiro atoms. The second-order valence-electron chi connectivity index (χ2n) is 4.24. The van der Waals surface area contributed by atoms with E-state index in [9.17, 15) is 0 Å². The lowest BCUT2D eigenvalue weighted by atomic mass is 9.98. The molecule has 0 heteroatoms. The molecule has 0 bridgehead atoms. The van der Waals surface area contributed by atoms with Gasteiger partial charge in [-0.2, -0.15) is 0 Å². The monoisotopic (exact) mass is 190 g/mol. The van der Waals surface area contributed by atoms with E-state index in [-0.39, 0.29) is 0 Å². The summed E-state index contributed by atoms with van der Waals surface area (Å²) in [4.78, 5) is 0. The molecule has 0 unspecified atom stereocenters. The Balaban J connectivity index is 2.50. The highest BCUT2D eigenvalue weighted by molar-refractivity contribution is 6.12. The molecule has 0 atom stereocenters. The van der Waals surface area contributed by atoms with Crippen molar-refractivity contribution in [1.82, 2.24) is 0 Å². The Morgan fingerprint density at radius 1 is 0.733 bits per heavy atom. The first-order valence-corrected chi connectivity index (χ1v) is 5.37. The van der Waals surface area contributed by atoms with Gasteiger partial charge >= 0.3 is 0 Å². The van der Waals surface area contributed by atoms with Crippen molar-refractivity contribution in [3.63, 3.8) is 0 Å². The van der Waals surface area contributed by atoms with Crippen LogP contribution in [0.4, 0.5) is 0 Å². The van der Waals surface area contributed by atoms with Crippen LogP contribution in [-0.4, -0.2) is 0 Å². The van der Waals surface area contributed by atoms with Crippen LogP contribution in [-0.2, 0) is 6.42 Å². The van der Waals surface area contributed by atoms with Crippen LogP contribution >= 0.6 is 0 Å². The predicted octanol–water partition coefficient (Wildman–Crippen LogP) is 3.05. The molecule has 0 nitrogen and oxygen atoms in total. The Labute approximate surface area is 87.8 Å². The van der Waals surface area contributed by atoms with Crippen LogP contribution in [0, 0.1) is 0 Å². The van der Waals surface area contributed by atoms with E-state index in [0.717, 1.165) is 6.42 Å². The quantitative estimate of drug-likeness (QED) is 0.511. The van der Waals surface area contributed by atoms with Crippen LogP contribution in [0.2, 0.25) is 0 Å². The van der Waals surface area contributed by atoms with Gasteiger partial charge < -0.3 is 0 Å². The molecule has 3 aromatic carbocycles. The van der Waals surface area contributed by atoms with Crippen LogP contribution in [0.5, 0.6) is 0 Å². The molecule has 0 amide bonds. The summed E-state index contributed by atoms with van der Waals surface area (Å²) in [6.07, 6.45) is 3.43. The first-order chi connectivity index (χ1) is 7.43. The molecule has 70 valence electrons. The normalized spacial score (nSPS) is 13.6. The molecule has 1 aliphatic carbocycles. The van der Waals surface area contributed by atoms with E-state index in [1.54, 1.807) is 0 Å². The van der Waals surface area contributed by atoms with Gasteiger partial charge in [-0.3, -0.25) is 0 Å². The van der Waals surface area contributed by atoms with Crippen molar-refractivity contribution in [3.8, 4) is 0 Å². The molecule has 0 saturated carbocycles. The Morgan fingerprint density at radius 3 is 2.40 bits per heavy atom. The van der Waals surface area contributed by atoms with Crippen molar-refractivity contribution in [3.05, 3.63) is 53.2 Å². The van der Waals surface area contributed by atoms with Gasteiger partial charge in [0.15, 0.2) is 0 Å². The minimum absolute atomic E-state index is 1.10.